The minimum absolute atomic E-state index is 0.333. The number of pyridine rings is 1. The molecule has 0 aliphatic heterocycles. The van der Waals surface area contributed by atoms with Crippen LogP contribution in [0.1, 0.15) is 19.4 Å². The van der Waals surface area contributed by atoms with Gasteiger partial charge in [-0.1, -0.05) is 0 Å². The third-order valence-electron chi connectivity index (χ3n) is 1.86. The summed E-state index contributed by atoms with van der Waals surface area (Å²) >= 11 is 3.27. The van der Waals surface area contributed by atoms with Crippen molar-refractivity contribution in [3.63, 3.8) is 0 Å². The Hall–Kier alpha value is -1.23. The smallest absolute Gasteiger partial charge is 0.231 e. The molecule has 0 saturated carbocycles. The van der Waals surface area contributed by atoms with Crippen molar-refractivity contribution in [3.05, 3.63) is 22.3 Å². The summed E-state index contributed by atoms with van der Waals surface area (Å²) in [5.41, 5.74) is 0.773. The van der Waals surface area contributed by atoms with Gasteiger partial charge in [0.1, 0.15) is 5.82 Å². The van der Waals surface area contributed by atoms with E-state index in [1.807, 2.05) is 0 Å². The lowest BCUT2D eigenvalue weighted by Crippen LogP contribution is -2.34. The van der Waals surface area contributed by atoms with Gasteiger partial charge in [-0.2, -0.15) is 0 Å². The molecule has 0 aliphatic carbocycles. The van der Waals surface area contributed by atoms with Crippen LogP contribution in [0, 0.1) is 6.92 Å². The molecule has 2 amide bonds. The number of nitrogens with zero attached hydrogens (tertiary/aromatic N) is 2. The first-order chi connectivity index (χ1) is 6.93. The highest BCUT2D eigenvalue weighted by Crippen LogP contribution is 2.20. The summed E-state index contributed by atoms with van der Waals surface area (Å²) in [5.74, 6) is -0.279. The topological polar surface area (TPSA) is 50.3 Å². The Morgan fingerprint density at radius 3 is 2.27 bits per heavy atom. The maximum atomic E-state index is 11.3. The van der Waals surface area contributed by atoms with Crippen LogP contribution < -0.4 is 4.90 Å². The number of anilines is 1. The molecule has 0 unspecified atom stereocenters. The summed E-state index contributed by atoms with van der Waals surface area (Å²) in [7, 11) is 0. The summed E-state index contributed by atoms with van der Waals surface area (Å²) in [6, 6.07) is 1.81. The molecule has 1 heterocycles. The molecular formula is C10H11BrN2O2. The Bertz CT molecular complexity index is 404. The van der Waals surface area contributed by atoms with Gasteiger partial charge < -0.3 is 0 Å². The van der Waals surface area contributed by atoms with Crippen LogP contribution >= 0.6 is 15.9 Å². The molecule has 1 aromatic rings. The van der Waals surface area contributed by atoms with Crippen molar-refractivity contribution in [2.24, 2.45) is 0 Å². The van der Waals surface area contributed by atoms with Crippen LogP contribution in [0.5, 0.6) is 0 Å². The van der Waals surface area contributed by atoms with Crippen LogP contribution in [0.15, 0.2) is 16.7 Å². The second-order valence-corrected chi connectivity index (χ2v) is 4.08. The molecule has 0 N–H and O–H groups in total. The molecule has 15 heavy (non-hydrogen) atoms. The van der Waals surface area contributed by atoms with Crippen LogP contribution in [0.4, 0.5) is 5.82 Å². The summed E-state index contributed by atoms with van der Waals surface area (Å²) in [6.07, 6.45) is 1.56. The van der Waals surface area contributed by atoms with Gasteiger partial charge in [0.25, 0.3) is 0 Å². The molecule has 0 radical (unpaired) electrons. The first-order valence-electron chi connectivity index (χ1n) is 4.37. The summed E-state index contributed by atoms with van der Waals surface area (Å²) < 4.78 is 0.816. The Labute approximate surface area is 96.4 Å². The van der Waals surface area contributed by atoms with Gasteiger partial charge in [0.2, 0.25) is 11.8 Å². The maximum Gasteiger partial charge on any atom is 0.231 e. The molecular weight excluding hydrogens is 260 g/mol. The van der Waals surface area contributed by atoms with Gasteiger partial charge in [0, 0.05) is 24.5 Å². The lowest BCUT2D eigenvalue weighted by Gasteiger charge is -2.17. The highest BCUT2D eigenvalue weighted by Gasteiger charge is 2.19. The molecule has 0 aromatic carbocycles. The average Bonchev–Trinajstić information content (AvgIpc) is 2.08. The number of halogens is 1. The fourth-order valence-corrected chi connectivity index (χ4v) is 1.73. The Balaban J connectivity index is 3.23. The average molecular weight is 271 g/mol. The van der Waals surface area contributed by atoms with E-state index < -0.39 is 0 Å². The Morgan fingerprint density at radius 2 is 1.87 bits per heavy atom. The van der Waals surface area contributed by atoms with Crippen molar-refractivity contribution in [2.75, 3.05) is 4.90 Å². The third-order valence-corrected chi connectivity index (χ3v) is 2.29. The largest absolute Gasteiger partial charge is 0.274 e. The van der Waals surface area contributed by atoms with Crippen LogP contribution in [0.25, 0.3) is 0 Å². The van der Waals surface area contributed by atoms with E-state index in [2.05, 4.69) is 20.9 Å². The van der Waals surface area contributed by atoms with Crippen LogP contribution in [-0.2, 0) is 9.59 Å². The zero-order valence-electron chi connectivity index (χ0n) is 8.74. The predicted octanol–water partition coefficient (Wildman–Crippen LogP) is 2.05. The highest BCUT2D eigenvalue weighted by atomic mass is 79.9. The lowest BCUT2D eigenvalue weighted by molar-refractivity contribution is -0.124. The molecule has 4 nitrogen and oxygen atoms in total. The summed E-state index contributed by atoms with van der Waals surface area (Å²) in [6.45, 7) is 4.47. The van der Waals surface area contributed by atoms with Crippen molar-refractivity contribution in [1.29, 1.82) is 0 Å². The van der Waals surface area contributed by atoms with Gasteiger partial charge in [0.05, 0.1) is 0 Å². The Kier molecular flexibility index (Phi) is 3.57. The molecule has 1 rings (SSSR count). The molecule has 5 heteroatoms. The SMILES string of the molecule is CC(=O)N(C(C)=O)c1ncc(Br)cc1C. The number of amides is 2. The second kappa shape index (κ2) is 4.53. The van der Waals surface area contributed by atoms with E-state index in [1.54, 1.807) is 19.2 Å². The monoisotopic (exact) mass is 270 g/mol. The molecule has 80 valence electrons. The minimum Gasteiger partial charge on any atom is -0.274 e. The third kappa shape index (κ3) is 2.62. The van der Waals surface area contributed by atoms with Gasteiger partial charge >= 0.3 is 0 Å². The number of hydrogen-bond donors (Lipinski definition) is 0. The zero-order chi connectivity index (χ0) is 11.6. The molecule has 0 aliphatic rings. The number of carbonyl (C=O) groups is 2. The van der Waals surface area contributed by atoms with Gasteiger partial charge in [-0.25, -0.2) is 9.88 Å². The van der Waals surface area contributed by atoms with Crippen molar-refractivity contribution in [3.8, 4) is 0 Å². The van der Waals surface area contributed by atoms with Crippen molar-refractivity contribution in [2.45, 2.75) is 20.8 Å². The molecule has 0 bridgehead atoms. The first-order valence-corrected chi connectivity index (χ1v) is 5.16. The fourth-order valence-electron chi connectivity index (χ4n) is 1.29. The van der Waals surface area contributed by atoms with Crippen molar-refractivity contribution < 1.29 is 9.59 Å². The quantitative estimate of drug-likeness (QED) is 0.785. The molecule has 0 spiro atoms. The van der Waals surface area contributed by atoms with Gasteiger partial charge in [-0.05, 0) is 34.5 Å². The maximum absolute atomic E-state index is 11.3. The van der Waals surface area contributed by atoms with Crippen molar-refractivity contribution in [1.82, 2.24) is 4.98 Å². The van der Waals surface area contributed by atoms with E-state index in [0.29, 0.717) is 5.82 Å². The predicted molar refractivity (Wildman–Crippen MR) is 60.5 cm³/mol. The van der Waals surface area contributed by atoms with E-state index >= 15 is 0 Å². The molecule has 0 fully saturated rings. The van der Waals surface area contributed by atoms with E-state index in [0.717, 1.165) is 14.9 Å². The minimum atomic E-state index is -0.333. The van der Waals surface area contributed by atoms with Crippen molar-refractivity contribution >= 4 is 33.6 Å². The van der Waals surface area contributed by atoms with Crippen LogP contribution in [0.2, 0.25) is 0 Å². The normalized spacial score (nSPS) is 9.87. The highest BCUT2D eigenvalue weighted by molar-refractivity contribution is 9.10. The number of carbonyl (C=O) groups excluding carboxylic acids is 2. The number of rotatable bonds is 1. The number of aromatic nitrogens is 1. The number of hydrogen-bond acceptors (Lipinski definition) is 3. The lowest BCUT2D eigenvalue weighted by atomic mass is 10.2. The fraction of sp³-hybridized carbons (Fsp3) is 0.300. The number of aryl methyl sites for hydroxylation is 1. The van der Waals surface area contributed by atoms with Gasteiger partial charge in [-0.3, -0.25) is 9.59 Å². The molecule has 0 saturated heterocycles. The van der Waals surface area contributed by atoms with Gasteiger partial charge in [0.15, 0.2) is 0 Å². The summed E-state index contributed by atoms with van der Waals surface area (Å²) in [5, 5.41) is 0. The standard InChI is InChI=1S/C10H11BrN2O2/c1-6-4-9(11)5-12-10(6)13(7(2)14)8(3)15/h4-5H,1-3H3. The Morgan fingerprint density at radius 1 is 1.33 bits per heavy atom. The van der Waals surface area contributed by atoms with E-state index in [1.165, 1.54) is 13.8 Å². The van der Waals surface area contributed by atoms with Crippen LogP contribution in [-0.4, -0.2) is 16.8 Å². The number of imide groups is 1. The molecule has 0 atom stereocenters. The molecule has 1 aromatic heterocycles. The van der Waals surface area contributed by atoms with Gasteiger partial charge in [-0.15, -0.1) is 0 Å². The van der Waals surface area contributed by atoms with E-state index in [-0.39, 0.29) is 11.8 Å². The zero-order valence-corrected chi connectivity index (χ0v) is 10.3. The second-order valence-electron chi connectivity index (χ2n) is 3.17. The first kappa shape index (κ1) is 11.8. The van der Waals surface area contributed by atoms with E-state index in [9.17, 15) is 9.59 Å². The van der Waals surface area contributed by atoms with Crippen LogP contribution in [0.3, 0.4) is 0 Å². The van der Waals surface area contributed by atoms with E-state index in [4.69, 9.17) is 0 Å². The summed E-state index contributed by atoms with van der Waals surface area (Å²) in [4.78, 5) is 27.7.